The monoisotopic (exact) mass is 358 g/mol. The van der Waals surface area contributed by atoms with Gasteiger partial charge < -0.3 is 10.2 Å². The SMILES string of the molecule is CCc1nc2sc(C(c3ccccc3)N3CCC(O)CC3)c(O)n2n1. The van der Waals surface area contributed by atoms with Crippen LogP contribution in [0.4, 0.5) is 0 Å². The Morgan fingerprint density at radius 1 is 1.24 bits per heavy atom. The maximum atomic E-state index is 10.8. The van der Waals surface area contributed by atoms with Crippen LogP contribution in [-0.4, -0.2) is 48.9 Å². The standard InChI is InChI=1S/C18H22N4O2S/c1-2-14-19-18-22(20-14)17(24)16(25-18)15(12-6-4-3-5-7-12)21-10-8-13(23)9-11-21/h3-7,13,15,23-24H,2,8-11H2,1H3. The van der Waals surface area contributed by atoms with Crippen molar-refractivity contribution in [2.75, 3.05) is 13.1 Å². The summed E-state index contributed by atoms with van der Waals surface area (Å²) in [6.07, 6.45) is 2.03. The lowest BCUT2D eigenvalue weighted by Gasteiger charge is -2.36. The van der Waals surface area contributed by atoms with Crippen LogP contribution < -0.4 is 0 Å². The largest absolute Gasteiger partial charge is 0.492 e. The highest BCUT2D eigenvalue weighted by atomic mass is 32.1. The van der Waals surface area contributed by atoms with Gasteiger partial charge in [-0.3, -0.25) is 4.90 Å². The lowest BCUT2D eigenvalue weighted by Crippen LogP contribution is -2.38. The summed E-state index contributed by atoms with van der Waals surface area (Å²) in [4.78, 5) is 8.41. The summed E-state index contributed by atoms with van der Waals surface area (Å²) in [5, 5.41) is 25.0. The first-order valence-electron chi connectivity index (χ1n) is 8.71. The lowest BCUT2D eigenvalue weighted by atomic mass is 9.99. The highest BCUT2D eigenvalue weighted by Gasteiger charge is 2.31. The number of aryl methyl sites for hydroxylation is 1. The molecule has 3 heterocycles. The number of hydrogen-bond donors (Lipinski definition) is 2. The van der Waals surface area contributed by atoms with Gasteiger partial charge in [-0.2, -0.15) is 4.52 Å². The van der Waals surface area contributed by atoms with Gasteiger partial charge in [-0.25, -0.2) is 4.98 Å². The molecular formula is C18H22N4O2S. The fourth-order valence-electron chi connectivity index (χ4n) is 3.43. The molecule has 0 aliphatic carbocycles. The second-order valence-corrected chi connectivity index (χ2v) is 7.46. The lowest BCUT2D eigenvalue weighted by molar-refractivity contribution is 0.0689. The second-order valence-electron chi connectivity index (χ2n) is 6.45. The van der Waals surface area contributed by atoms with E-state index < -0.39 is 0 Å². The molecule has 1 aliphatic heterocycles. The highest BCUT2D eigenvalue weighted by molar-refractivity contribution is 7.17. The number of piperidine rings is 1. The van der Waals surface area contributed by atoms with E-state index in [0.29, 0.717) is 0 Å². The first-order chi connectivity index (χ1) is 12.2. The number of fused-ring (bicyclic) bond motifs is 1. The molecule has 1 atom stereocenters. The maximum absolute atomic E-state index is 10.8. The summed E-state index contributed by atoms with van der Waals surface area (Å²) in [5.41, 5.74) is 1.13. The predicted molar refractivity (Wildman–Crippen MR) is 97.0 cm³/mol. The van der Waals surface area contributed by atoms with Crippen molar-refractivity contribution in [1.29, 1.82) is 0 Å². The van der Waals surface area contributed by atoms with Gasteiger partial charge in [0.05, 0.1) is 17.0 Å². The third-order valence-electron chi connectivity index (χ3n) is 4.79. The van der Waals surface area contributed by atoms with E-state index in [9.17, 15) is 10.2 Å². The third-order valence-corrected chi connectivity index (χ3v) is 5.86. The summed E-state index contributed by atoms with van der Waals surface area (Å²) in [7, 11) is 0. The van der Waals surface area contributed by atoms with Crippen LogP contribution in [0.5, 0.6) is 5.88 Å². The van der Waals surface area contributed by atoms with Crippen molar-refractivity contribution in [3.8, 4) is 5.88 Å². The van der Waals surface area contributed by atoms with E-state index in [1.807, 2.05) is 25.1 Å². The zero-order chi connectivity index (χ0) is 17.4. The molecule has 2 N–H and O–H groups in total. The molecule has 0 saturated carbocycles. The molecule has 6 nitrogen and oxygen atoms in total. The summed E-state index contributed by atoms with van der Waals surface area (Å²) in [5.74, 6) is 0.914. The van der Waals surface area contributed by atoms with E-state index in [0.717, 1.165) is 53.6 Å². The van der Waals surface area contributed by atoms with Crippen molar-refractivity contribution in [1.82, 2.24) is 19.5 Å². The van der Waals surface area contributed by atoms with Gasteiger partial charge in [0.1, 0.15) is 0 Å². The predicted octanol–water partition coefficient (Wildman–Crippen LogP) is 2.60. The average Bonchev–Trinajstić information content (AvgIpc) is 3.18. The van der Waals surface area contributed by atoms with E-state index >= 15 is 0 Å². The molecule has 0 spiro atoms. The van der Waals surface area contributed by atoms with E-state index in [4.69, 9.17) is 0 Å². The Morgan fingerprint density at radius 3 is 2.60 bits per heavy atom. The average molecular weight is 358 g/mol. The molecule has 25 heavy (non-hydrogen) atoms. The van der Waals surface area contributed by atoms with Gasteiger partial charge in [-0.1, -0.05) is 48.6 Å². The van der Waals surface area contributed by atoms with Crippen molar-refractivity contribution in [3.05, 3.63) is 46.6 Å². The normalized spacial score (nSPS) is 18.0. The van der Waals surface area contributed by atoms with Crippen molar-refractivity contribution >= 4 is 16.3 Å². The van der Waals surface area contributed by atoms with Gasteiger partial charge in [0.15, 0.2) is 5.82 Å². The number of likely N-dealkylation sites (tertiary alicyclic amines) is 1. The van der Waals surface area contributed by atoms with Gasteiger partial charge >= 0.3 is 0 Å². The molecule has 0 bridgehead atoms. The molecule has 2 aromatic heterocycles. The van der Waals surface area contributed by atoms with E-state index in [-0.39, 0.29) is 18.0 Å². The fourth-order valence-corrected chi connectivity index (χ4v) is 4.56. The summed E-state index contributed by atoms with van der Waals surface area (Å²) in [6, 6.07) is 10.2. The number of aromatic hydroxyl groups is 1. The van der Waals surface area contributed by atoms with E-state index in [1.165, 1.54) is 11.3 Å². The van der Waals surface area contributed by atoms with Crippen molar-refractivity contribution in [3.63, 3.8) is 0 Å². The van der Waals surface area contributed by atoms with Crippen LogP contribution in [0.1, 0.15) is 42.1 Å². The van der Waals surface area contributed by atoms with Crippen LogP contribution in [0, 0.1) is 0 Å². The Balaban J connectivity index is 1.78. The van der Waals surface area contributed by atoms with Gasteiger partial charge in [0, 0.05) is 19.5 Å². The first kappa shape index (κ1) is 16.5. The minimum atomic E-state index is -0.226. The molecule has 3 aromatic rings. The molecule has 7 heteroatoms. The number of thiazole rings is 1. The Bertz CT molecular complexity index is 853. The molecular weight excluding hydrogens is 336 g/mol. The Kier molecular flexibility index (Phi) is 4.45. The number of rotatable bonds is 4. The van der Waals surface area contributed by atoms with Gasteiger partial charge in [0.2, 0.25) is 10.8 Å². The highest BCUT2D eigenvalue weighted by Crippen LogP contribution is 2.40. The molecule has 1 aromatic carbocycles. The molecule has 1 saturated heterocycles. The maximum Gasteiger partial charge on any atom is 0.230 e. The molecule has 1 aliphatic rings. The van der Waals surface area contributed by atoms with Crippen molar-refractivity contribution < 1.29 is 10.2 Å². The minimum Gasteiger partial charge on any atom is -0.492 e. The molecule has 132 valence electrons. The smallest absolute Gasteiger partial charge is 0.230 e. The van der Waals surface area contributed by atoms with Crippen LogP contribution >= 0.6 is 11.3 Å². The van der Waals surface area contributed by atoms with E-state index in [1.54, 1.807) is 4.52 Å². The van der Waals surface area contributed by atoms with Crippen molar-refractivity contribution in [2.45, 2.75) is 38.3 Å². The molecule has 1 unspecified atom stereocenters. The minimum absolute atomic E-state index is 0.0488. The quantitative estimate of drug-likeness (QED) is 0.750. The van der Waals surface area contributed by atoms with Gasteiger partial charge in [-0.15, -0.1) is 5.10 Å². The number of benzene rings is 1. The van der Waals surface area contributed by atoms with Gasteiger partial charge in [-0.05, 0) is 18.4 Å². The number of aromatic nitrogens is 3. The van der Waals surface area contributed by atoms with Crippen LogP contribution in [-0.2, 0) is 6.42 Å². The first-order valence-corrected chi connectivity index (χ1v) is 9.53. The Morgan fingerprint density at radius 2 is 1.96 bits per heavy atom. The van der Waals surface area contributed by atoms with Crippen LogP contribution in [0.3, 0.4) is 0 Å². The van der Waals surface area contributed by atoms with Crippen molar-refractivity contribution in [2.24, 2.45) is 0 Å². The third kappa shape index (κ3) is 3.03. The number of aliphatic hydroxyl groups excluding tert-OH is 1. The molecule has 0 amide bonds. The van der Waals surface area contributed by atoms with Crippen LogP contribution in [0.15, 0.2) is 30.3 Å². The topological polar surface area (TPSA) is 73.9 Å². The zero-order valence-electron chi connectivity index (χ0n) is 14.2. The number of nitrogens with zero attached hydrogens (tertiary/aromatic N) is 4. The Hall–Kier alpha value is -1.96. The summed E-state index contributed by atoms with van der Waals surface area (Å²) >= 11 is 1.49. The fraction of sp³-hybridized carbons (Fsp3) is 0.444. The summed E-state index contributed by atoms with van der Waals surface area (Å²) < 4.78 is 1.55. The Labute approximate surface area is 150 Å². The van der Waals surface area contributed by atoms with E-state index in [2.05, 4.69) is 27.1 Å². The number of aliphatic hydroxyl groups is 1. The van der Waals surface area contributed by atoms with Crippen LogP contribution in [0.25, 0.3) is 4.96 Å². The molecule has 0 radical (unpaired) electrons. The summed E-state index contributed by atoms with van der Waals surface area (Å²) in [6.45, 7) is 3.60. The number of hydrogen-bond acceptors (Lipinski definition) is 6. The second kappa shape index (κ2) is 6.74. The van der Waals surface area contributed by atoms with Crippen LogP contribution in [0.2, 0.25) is 0 Å². The zero-order valence-corrected chi connectivity index (χ0v) is 15.0. The van der Waals surface area contributed by atoms with Gasteiger partial charge in [0.25, 0.3) is 0 Å². The molecule has 4 rings (SSSR count). The molecule has 1 fully saturated rings.